The third kappa shape index (κ3) is 4.68. The van der Waals surface area contributed by atoms with Gasteiger partial charge in [-0.05, 0) is 39.2 Å². The van der Waals surface area contributed by atoms with Crippen molar-refractivity contribution in [2.45, 2.75) is 6.42 Å². The van der Waals surface area contributed by atoms with Crippen molar-refractivity contribution < 1.29 is 14.0 Å². The number of anilines is 1. The van der Waals surface area contributed by atoms with Crippen LogP contribution in [-0.4, -0.2) is 53.7 Å². The van der Waals surface area contributed by atoms with E-state index in [1.54, 1.807) is 19.2 Å². The normalized spacial score (nSPS) is 10.8. The summed E-state index contributed by atoms with van der Waals surface area (Å²) in [4.78, 5) is 26.0. The highest BCUT2D eigenvalue weighted by atomic mass is 16.3. The van der Waals surface area contributed by atoms with Crippen LogP contribution in [0.25, 0.3) is 0 Å². The van der Waals surface area contributed by atoms with Crippen LogP contribution in [-0.2, 0) is 7.05 Å². The van der Waals surface area contributed by atoms with Crippen LogP contribution in [0.5, 0.6) is 0 Å². The first-order valence-electron chi connectivity index (χ1n) is 7.29. The molecule has 0 saturated carbocycles. The SMILES string of the molecule is CN(C)CCCNC(=O)c1cc(NC(=O)c2ccco2)n(C)n1. The highest BCUT2D eigenvalue weighted by molar-refractivity contribution is 6.02. The van der Waals surface area contributed by atoms with Gasteiger partial charge in [-0.3, -0.25) is 14.3 Å². The van der Waals surface area contributed by atoms with Gasteiger partial charge in [0.25, 0.3) is 11.8 Å². The molecule has 8 nitrogen and oxygen atoms in total. The first-order valence-corrected chi connectivity index (χ1v) is 7.29. The molecule has 0 atom stereocenters. The van der Waals surface area contributed by atoms with E-state index in [0.29, 0.717) is 12.4 Å². The highest BCUT2D eigenvalue weighted by Crippen LogP contribution is 2.11. The van der Waals surface area contributed by atoms with E-state index in [4.69, 9.17) is 4.42 Å². The molecule has 0 spiro atoms. The summed E-state index contributed by atoms with van der Waals surface area (Å²) < 4.78 is 6.46. The maximum atomic E-state index is 12.0. The molecular weight excluding hydrogens is 298 g/mol. The van der Waals surface area contributed by atoms with Crippen LogP contribution in [0.4, 0.5) is 5.82 Å². The molecule has 0 aromatic carbocycles. The molecular formula is C15H21N5O3. The van der Waals surface area contributed by atoms with Crippen molar-refractivity contribution in [2.75, 3.05) is 32.5 Å². The average molecular weight is 319 g/mol. The lowest BCUT2D eigenvalue weighted by Gasteiger charge is -2.09. The van der Waals surface area contributed by atoms with Crippen molar-refractivity contribution in [1.29, 1.82) is 0 Å². The Morgan fingerprint density at radius 3 is 2.78 bits per heavy atom. The second-order valence-corrected chi connectivity index (χ2v) is 5.38. The fourth-order valence-electron chi connectivity index (χ4n) is 1.97. The van der Waals surface area contributed by atoms with E-state index in [0.717, 1.165) is 13.0 Å². The van der Waals surface area contributed by atoms with E-state index < -0.39 is 5.91 Å². The Labute approximate surface area is 134 Å². The molecule has 8 heteroatoms. The number of carbonyl (C=O) groups is 2. The van der Waals surface area contributed by atoms with E-state index in [2.05, 4.69) is 20.6 Å². The highest BCUT2D eigenvalue weighted by Gasteiger charge is 2.16. The Balaban J connectivity index is 1.92. The quantitative estimate of drug-likeness (QED) is 0.741. The molecule has 2 amide bonds. The third-order valence-corrected chi connectivity index (χ3v) is 3.17. The van der Waals surface area contributed by atoms with Gasteiger partial charge >= 0.3 is 0 Å². The lowest BCUT2D eigenvalue weighted by atomic mass is 10.3. The van der Waals surface area contributed by atoms with E-state index in [-0.39, 0.29) is 17.4 Å². The minimum absolute atomic E-state index is 0.195. The predicted molar refractivity (Wildman–Crippen MR) is 85.4 cm³/mol. The van der Waals surface area contributed by atoms with Crippen LogP contribution in [0.2, 0.25) is 0 Å². The number of aromatic nitrogens is 2. The minimum atomic E-state index is -0.393. The molecule has 0 aliphatic rings. The Kier molecular flexibility index (Phi) is 5.53. The average Bonchev–Trinajstić information content (AvgIpc) is 3.14. The summed E-state index contributed by atoms with van der Waals surface area (Å²) in [5.74, 6) is -0.0421. The number of nitrogens with one attached hydrogen (secondary N) is 2. The van der Waals surface area contributed by atoms with Crippen LogP contribution in [0.1, 0.15) is 27.5 Å². The molecule has 0 saturated heterocycles. The molecule has 2 rings (SSSR count). The fourth-order valence-corrected chi connectivity index (χ4v) is 1.97. The largest absolute Gasteiger partial charge is 0.459 e. The van der Waals surface area contributed by atoms with Crippen molar-refractivity contribution in [1.82, 2.24) is 20.0 Å². The minimum Gasteiger partial charge on any atom is -0.459 e. The number of carbonyl (C=O) groups excluding carboxylic acids is 2. The molecule has 0 fully saturated rings. The van der Waals surface area contributed by atoms with Gasteiger partial charge in [-0.2, -0.15) is 5.10 Å². The van der Waals surface area contributed by atoms with Gasteiger partial charge in [0, 0.05) is 19.7 Å². The number of aryl methyl sites for hydroxylation is 1. The zero-order chi connectivity index (χ0) is 16.8. The van der Waals surface area contributed by atoms with Crippen LogP contribution in [0.15, 0.2) is 28.9 Å². The van der Waals surface area contributed by atoms with Crippen molar-refractivity contribution in [3.05, 3.63) is 35.9 Å². The first kappa shape index (κ1) is 16.8. The number of nitrogens with zero attached hydrogens (tertiary/aromatic N) is 3. The van der Waals surface area contributed by atoms with Crippen molar-refractivity contribution in [3.8, 4) is 0 Å². The van der Waals surface area contributed by atoms with Gasteiger partial charge in [-0.25, -0.2) is 0 Å². The maximum absolute atomic E-state index is 12.0. The molecule has 0 radical (unpaired) electrons. The summed E-state index contributed by atoms with van der Waals surface area (Å²) in [7, 11) is 5.61. The second-order valence-electron chi connectivity index (χ2n) is 5.38. The van der Waals surface area contributed by atoms with Gasteiger partial charge in [0.15, 0.2) is 11.5 Å². The zero-order valence-corrected chi connectivity index (χ0v) is 13.5. The number of furan rings is 1. The smallest absolute Gasteiger partial charge is 0.292 e. The van der Waals surface area contributed by atoms with Crippen molar-refractivity contribution >= 4 is 17.6 Å². The van der Waals surface area contributed by atoms with Gasteiger partial charge in [0.1, 0.15) is 5.82 Å². The summed E-state index contributed by atoms with van der Waals surface area (Å²) in [5.41, 5.74) is 0.257. The summed E-state index contributed by atoms with van der Waals surface area (Å²) in [5, 5.41) is 9.56. The van der Waals surface area contributed by atoms with Gasteiger partial charge < -0.3 is 20.0 Å². The first-order chi connectivity index (χ1) is 11.0. The molecule has 2 aromatic rings. The van der Waals surface area contributed by atoms with Crippen LogP contribution < -0.4 is 10.6 Å². The molecule has 0 aliphatic carbocycles. The summed E-state index contributed by atoms with van der Waals surface area (Å²) in [6, 6.07) is 4.72. The van der Waals surface area contributed by atoms with E-state index in [9.17, 15) is 9.59 Å². The lowest BCUT2D eigenvalue weighted by molar-refractivity contribution is 0.0945. The molecule has 0 aliphatic heterocycles. The molecule has 2 heterocycles. The number of rotatable bonds is 7. The molecule has 0 bridgehead atoms. The Hall–Kier alpha value is -2.61. The number of hydrogen-bond acceptors (Lipinski definition) is 5. The maximum Gasteiger partial charge on any atom is 0.292 e. The van der Waals surface area contributed by atoms with E-state index in [1.807, 2.05) is 14.1 Å². The Morgan fingerprint density at radius 1 is 1.35 bits per heavy atom. The van der Waals surface area contributed by atoms with Crippen LogP contribution >= 0.6 is 0 Å². The fraction of sp³-hybridized carbons (Fsp3) is 0.400. The summed E-state index contributed by atoms with van der Waals surface area (Å²) in [6.07, 6.45) is 2.28. The molecule has 124 valence electrons. The third-order valence-electron chi connectivity index (χ3n) is 3.17. The molecule has 2 aromatic heterocycles. The monoisotopic (exact) mass is 319 g/mol. The van der Waals surface area contributed by atoms with Gasteiger partial charge in [0.2, 0.25) is 0 Å². The van der Waals surface area contributed by atoms with Gasteiger partial charge in [-0.15, -0.1) is 0 Å². The number of hydrogen-bond donors (Lipinski definition) is 2. The second kappa shape index (κ2) is 7.59. The Bertz CT molecular complexity index is 661. The summed E-state index contributed by atoms with van der Waals surface area (Å²) >= 11 is 0. The Morgan fingerprint density at radius 2 is 2.13 bits per heavy atom. The zero-order valence-electron chi connectivity index (χ0n) is 13.5. The van der Waals surface area contributed by atoms with Crippen LogP contribution in [0, 0.1) is 0 Å². The van der Waals surface area contributed by atoms with Gasteiger partial charge in [0.05, 0.1) is 6.26 Å². The van der Waals surface area contributed by atoms with E-state index in [1.165, 1.54) is 17.0 Å². The van der Waals surface area contributed by atoms with E-state index >= 15 is 0 Å². The molecule has 23 heavy (non-hydrogen) atoms. The lowest BCUT2D eigenvalue weighted by Crippen LogP contribution is -2.27. The van der Waals surface area contributed by atoms with Crippen molar-refractivity contribution in [3.63, 3.8) is 0 Å². The predicted octanol–water partition coefficient (Wildman–Crippen LogP) is 0.947. The standard InChI is InChI=1S/C15H21N5O3/c1-19(2)8-5-7-16-14(21)11-10-13(20(3)18-11)17-15(22)12-6-4-9-23-12/h4,6,9-10H,5,7-8H2,1-3H3,(H,16,21)(H,17,22). The summed E-state index contributed by atoms with van der Waals surface area (Å²) in [6.45, 7) is 1.47. The van der Waals surface area contributed by atoms with Crippen molar-refractivity contribution in [2.24, 2.45) is 7.05 Å². The molecule has 2 N–H and O–H groups in total. The molecule has 0 unspecified atom stereocenters. The topological polar surface area (TPSA) is 92.4 Å². The van der Waals surface area contributed by atoms with Gasteiger partial charge in [-0.1, -0.05) is 0 Å². The number of amides is 2. The van der Waals surface area contributed by atoms with Crippen LogP contribution in [0.3, 0.4) is 0 Å².